The Kier molecular flexibility index (Phi) is 9.47. The van der Waals surface area contributed by atoms with Crippen LogP contribution in [0.25, 0.3) is 0 Å². The molecule has 0 radical (unpaired) electrons. The Morgan fingerprint density at radius 1 is 1.00 bits per heavy atom. The molecular weight excluding hydrogens is 394 g/mol. The third kappa shape index (κ3) is 8.29. The summed E-state index contributed by atoms with van der Waals surface area (Å²) >= 11 is 0. The Balaban J connectivity index is 2.93. The van der Waals surface area contributed by atoms with Gasteiger partial charge in [-0.3, -0.25) is 19.2 Å². The molecule has 3 atom stereocenters. The van der Waals surface area contributed by atoms with Crippen molar-refractivity contribution in [1.82, 2.24) is 16.0 Å². The van der Waals surface area contributed by atoms with Crippen LogP contribution < -0.4 is 16.0 Å². The molecular formula is C20H27N3O7. The van der Waals surface area contributed by atoms with Crippen LogP contribution >= 0.6 is 0 Å². The van der Waals surface area contributed by atoms with Crippen LogP contribution in [0.4, 0.5) is 0 Å². The van der Waals surface area contributed by atoms with E-state index in [0.717, 1.165) is 0 Å². The van der Waals surface area contributed by atoms with E-state index in [2.05, 4.69) is 16.0 Å². The Hall–Kier alpha value is -3.43. The summed E-state index contributed by atoms with van der Waals surface area (Å²) in [5.41, 5.74) is 0.676. The molecule has 1 aromatic carbocycles. The zero-order valence-corrected chi connectivity index (χ0v) is 17.0. The number of nitrogens with one attached hydrogen (secondary N) is 3. The molecule has 0 unspecified atom stereocenters. The van der Waals surface area contributed by atoms with Gasteiger partial charge in [-0.25, -0.2) is 0 Å². The lowest BCUT2D eigenvalue weighted by molar-refractivity contribution is -0.139. The average Bonchev–Trinajstić information content (AvgIpc) is 2.65. The minimum Gasteiger partial charge on any atom is -0.508 e. The minimum absolute atomic E-state index is 0.0573. The Labute approximate surface area is 174 Å². The third-order valence-electron chi connectivity index (χ3n) is 4.20. The lowest BCUT2D eigenvalue weighted by Crippen LogP contribution is -2.57. The molecule has 30 heavy (non-hydrogen) atoms. The number of carbonyl (C=O) groups excluding carboxylic acids is 4. The molecule has 10 heteroatoms. The molecule has 164 valence electrons. The van der Waals surface area contributed by atoms with Crippen LogP contribution in [0.2, 0.25) is 0 Å². The molecule has 0 saturated carbocycles. The van der Waals surface area contributed by atoms with Crippen molar-refractivity contribution < 1.29 is 34.2 Å². The van der Waals surface area contributed by atoms with E-state index in [-0.39, 0.29) is 18.1 Å². The van der Waals surface area contributed by atoms with Crippen molar-refractivity contribution in [2.45, 2.75) is 51.7 Å². The summed E-state index contributed by atoms with van der Waals surface area (Å²) in [4.78, 5) is 58.6. The summed E-state index contributed by atoms with van der Waals surface area (Å²) in [5.74, 6) is -3.34. The summed E-state index contributed by atoms with van der Waals surface area (Å²) in [7, 11) is 0. The van der Waals surface area contributed by atoms with Crippen LogP contribution in [0.15, 0.2) is 24.3 Å². The van der Waals surface area contributed by atoms with Crippen molar-refractivity contribution >= 4 is 30.0 Å². The first kappa shape index (κ1) is 24.6. The van der Waals surface area contributed by atoms with Crippen molar-refractivity contribution in [1.29, 1.82) is 0 Å². The fraction of sp³-hybridized carbons (Fsp3) is 0.450. The summed E-state index contributed by atoms with van der Waals surface area (Å²) in [6.45, 7) is 4.60. The molecule has 1 aromatic rings. The molecule has 1 rings (SSSR count). The average molecular weight is 421 g/mol. The number of carboxylic acid groups (broad SMARTS) is 1. The van der Waals surface area contributed by atoms with E-state index in [4.69, 9.17) is 5.11 Å². The topological polar surface area (TPSA) is 162 Å². The lowest BCUT2D eigenvalue weighted by Gasteiger charge is -2.26. The van der Waals surface area contributed by atoms with E-state index >= 15 is 0 Å². The number of phenolic OH excluding ortho intramolecular Hbond substituents is 1. The van der Waals surface area contributed by atoms with Gasteiger partial charge >= 0.3 is 5.97 Å². The highest BCUT2D eigenvalue weighted by Crippen LogP contribution is 2.12. The zero-order valence-electron chi connectivity index (χ0n) is 17.0. The molecule has 5 N–H and O–H groups in total. The van der Waals surface area contributed by atoms with Gasteiger partial charge in [-0.05, 0) is 23.6 Å². The van der Waals surface area contributed by atoms with Gasteiger partial charge in [0, 0.05) is 13.3 Å². The number of aldehydes is 1. The molecule has 0 saturated heterocycles. The van der Waals surface area contributed by atoms with Gasteiger partial charge in [-0.2, -0.15) is 0 Å². The number of hydrogen-bond acceptors (Lipinski definition) is 6. The number of carbonyl (C=O) groups is 5. The molecule has 0 spiro atoms. The van der Waals surface area contributed by atoms with Gasteiger partial charge in [0.05, 0.1) is 12.5 Å². The van der Waals surface area contributed by atoms with Crippen LogP contribution in [-0.2, 0) is 30.4 Å². The summed E-state index contributed by atoms with van der Waals surface area (Å²) in [6, 6.07) is 2.84. The molecule has 0 aliphatic heterocycles. The minimum atomic E-state index is -1.25. The normalized spacial score (nSPS) is 13.6. The predicted octanol–water partition coefficient (Wildman–Crippen LogP) is -0.261. The molecule has 10 nitrogen and oxygen atoms in total. The van der Waals surface area contributed by atoms with E-state index < -0.39 is 48.2 Å². The highest BCUT2D eigenvalue weighted by Gasteiger charge is 2.30. The van der Waals surface area contributed by atoms with Gasteiger partial charge in [-0.1, -0.05) is 26.0 Å². The number of phenols is 1. The molecule has 0 aromatic heterocycles. The van der Waals surface area contributed by atoms with Crippen LogP contribution in [0.1, 0.15) is 32.8 Å². The summed E-state index contributed by atoms with van der Waals surface area (Å²) in [5, 5.41) is 25.6. The van der Waals surface area contributed by atoms with E-state index in [1.54, 1.807) is 26.0 Å². The first-order valence-electron chi connectivity index (χ1n) is 9.36. The van der Waals surface area contributed by atoms with Crippen molar-refractivity contribution in [3.8, 4) is 5.75 Å². The first-order valence-corrected chi connectivity index (χ1v) is 9.36. The lowest BCUT2D eigenvalue weighted by atomic mass is 10.0. The van der Waals surface area contributed by atoms with Crippen LogP contribution in [0.5, 0.6) is 5.75 Å². The zero-order chi connectivity index (χ0) is 22.8. The number of hydrogen-bond donors (Lipinski definition) is 5. The molecule has 3 amide bonds. The fourth-order valence-corrected chi connectivity index (χ4v) is 2.70. The second-order valence-corrected chi connectivity index (χ2v) is 7.20. The van der Waals surface area contributed by atoms with Crippen LogP contribution in [0.3, 0.4) is 0 Å². The van der Waals surface area contributed by atoms with Gasteiger partial charge in [0.2, 0.25) is 17.7 Å². The third-order valence-corrected chi connectivity index (χ3v) is 4.20. The molecule has 0 fully saturated rings. The SMILES string of the molecule is CC(=O)N[C@@H](Cc1ccc(O)cc1)C(=O)N[C@H](C(=O)N[C@H](C=O)CC(=O)O)C(C)C. The van der Waals surface area contributed by atoms with Gasteiger partial charge < -0.3 is 31.0 Å². The van der Waals surface area contributed by atoms with E-state index in [1.165, 1.54) is 19.1 Å². The van der Waals surface area contributed by atoms with Crippen molar-refractivity contribution in [3.05, 3.63) is 29.8 Å². The molecule has 0 aliphatic rings. The smallest absolute Gasteiger partial charge is 0.305 e. The van der Waals surface area contributed by atoms with Crippen molar-refractivity contribution in [2.24, 2.45) is 5.92 Å². The van der Waals surface area contributed by atoms with Gasteiger partial charge in [0.1, 0.15) is 24.1 Å². The van der Waals surface area contributed by atoms with Crippen molar-refractivity contribution in [2.75, 3.05) is 0 Å². The number of rotatable bonds is 11. The molecule has 0 aliphatic carbocycles. The first-order chi connectivity index (χ1) is 14.0. The maximum atomic E-state index is 12.8. The number of amides is 3. The van der Waals surface area contributed by atoms with Gasteiger partial charge in [0.25, 0.3) is 0 Å². The standard InChI is InChI=1S/C20H27N3O7/c1-11(2)18(20(30)22-14(10-24)9-17(27)28)23-19(29)16(21-12(3)25)8-13-4-6-15(26)7-5-13/h4-7,10-11,14,16,18,26H,8-9H2,1-3H3,(H,21,25)(H,22,30)(H,23,29)(H,27,28)/t14-,16-,18-/m0/s1. The van der Waals surface area contributed by atoms with E-state index in [9.17, 15) is 29.1 Å². The fourth-order valence-electron chi connectivity index (χ4n) is 2.70. The maximum Gasteiger partial charge on any atom is 0.305 e. The second kappa shape index (κ2) is 11.5. The van der Waals surface area contributed by atoms with E-state index in [0.29, 0.717) is 11.8 Å². The molecule has 0 bridgehead atoms. The monoisotopic (exact) mass is 421 g/mol. The maximum absolute atomic E-state index is 12.8. The predicted molar refractivity (Wildman–Crippen MR) is 106 cm³/mol. The van der Waals surface area contributed by atoms with E-state index in [1.807, 2.05) is 0 Å². The number of aromatic hydroxyl groups is 1. The quantitative estimate of drug-likeness (QED) is 0.307. The number of aliphatic carboxylic acids is 1. The second-order valence-electron chi connectivity index (χ2n) is 7.20. The number of carboxylic acids is 1. The largest absolute Gasteiger partial charge is 0.508 e. The van der Waals surface area contributed by atoms with Crippen LogP contribution in [0, 0.1) is 5.92 Å². The van der Waals surface area contributed by atoms with Gasteiger partial charge in [0.15, 0.2) is 0 Å². The van der Waals surface area contributed by atoms with Crippen LogP contribution in [-0.4, -0.2) is 58.3 Å². The van der Waals surface area contributed by atoms with Gasteiger partial charge in [-0.15, -0.1) is 0 Å². The highest BCUT2D eigenvalue weighted by molar-refractivity contribution is 5.93. The highest BCUT2D eigenvalue weighted by atomic mass is 16.4. The number of benzene rings is 1. The Morgan fingerprint density at radius 3 is 2.07 bits per heavy atom. The molecule has 0 heterocycles. The summed E-state index contributed by atoms with van der Waals surface area (Å²) < 4.78 is 0. The summed E-state index contributed by atoms with van der Waals surface area (Å²) in [6.07, 6.45) is -0.145. The van der Waals surface area contributed by atoms with Crippen molar-refractivity contribution in [3.63, 3.8) is 0 Å². The Bertz CT molecular complexity index is 777. The Morgan fingerprint density at radius 2 is 1.60 bits per heavy atom.